The molecule has 4 nitrogen and oxygen atoms in total. The SMILES string of the molecule is O=C(Cc1c(F)cccc1Cl)Nc1cnc(-c2ccccc2)nc1. The van der Waals surface area contributed by atoms with Crippen LogP contribution in [0.15, 0.2) is 60.9 Å². The van der Waals surface area contributed by atoms with Crippen molar-refractivity contribution in [2.45, 2.75) is 6.42 Å². The van der Waals surface area contributed by atoms with Crippen LogP contribution < -0.4 is 5.32 Å². The summed E-state index contributed by atoms with van der Waals surface area (Å²) in [5, 5.41) is 2.86. The van der Waals surface area contributed by atoms with Crippen LogP contribution >= 0.6 is 11.6 Å². The van der Waals surface area contributed by atoms with Gasteiger partial charge >= 0.3 is 0 Å². The van der Waals surface area contributed by atoms with E-state index >= 15 is 0 Å². The first-order chi connectivity index (χ1) is 11.6. The lowest BCUT2D eigenvalue weighted by Gasteiger charge is -2.07. The highest BCUT2D eigenvalue weighted by Crippen LogP contribution is 2.20. The lowest BCUT2D eigenvalue weighted by molar-refractivity contribution is -0.115. The second-order valence-corrected chi connectivity index (χ2v) is 5.49. The first kappa shape index (κ1) is 16.1. The molecule has 0 aliphatic carbocycles. The predicted molar refractivity (Wildman–Crippen MR) is 91.2 cm³/mol. The van der Waals surface area contributed by atoms with Crippen molar-refractivity contribution in [3.8, 4) is 11.4 Å². The predicted octanol–water partition coefficient (Wildman–Crippen LogP) is 4.12. The van der Waals surface area contributed by atoms with Gasteiger partial charge in [0.15, 0.2) is 5.82 Å². The number of aromatic nitrogens is 2. The Morgan fingerprint density at radius 3 is 2.42 bits per heavy atom. The monoisotopic (exact) mass is 341 g/mol. The van der Waals surface area contributed by atoms with Crippen molar-refractivity contribution in [3.05, 3.63) is 77.3 Å². The quantitative estimate of drug-likeness (QED) is 0.776. The molecule has 0 atom stereocenters. The second kappa shape index (κ2) is 7.19. The van der Waals surface area contributed by atoms with Crippen LogP contribution in [0.2, 0.25) is 5.02 Å². The van der Waals surface area contributed by atoms with E-state index in [2.05, 4.69) is 15.3 Å². The number of benzene rings is 2. The lowest BCUT2D eigenvalue weighted by atomic mass is 10.1. The van der Waals surface area contributed by atoms with Crippen LogP contribution in [0.5, 0.6) is 0 Å². The van der Waals surface area contributed by atoms with E-state index in [1.807, 2.05) is 30.3 Å². The summed E-state index contributed by atoms with van der Waals surface area (Å²) in [7, 11) is 0. The highest BCUT2D eigenvalue weighted by atomic mass is 35.5. The molecule has 1 amide bonds. The van der Waals surface area contributed by atoms with Gasteiger partial charge in [0.1, 0.15) is 5.82 Å². The fourth-order valence-electron chi connectivity index (χ4n) is 2.20. The summed E-state index contributed by atoms with van der Waals surface area (Å²) < 4.78 is 13.7. The number of carbonyl (C=O) groups excluding carboxylic acids is 1. The molecule has 0 radical (unpaired) electrons. The van der Waals surface area contributed by atoms with Gasteiger partial charge in [-0.25, -0.2) is 14.4 Å². The summed E-state index contributed by atoms with van der Waals surface area (Å²) in [6, 6.07) is 13.8. The first-order valence-corrected chi connectivity index (χ1v) is 7.61. The third-order valence-electron chi connectivity index (χ3n) is 3.37. The van der Waals surface area contributed by atoms with E-state index < -0.39 is 11.7 Å². The molecule has 2 aromatic carbocycles. The molecule has 0 fully saturated rings. The summed E-state index contributed by atoms with van der Waals surface area (Å²) >= 11 is 5.92. The molecule has 3 aromatic rings. The van der Waals surface area contributed by atoms with Gasteiger partial charge in [0, 0.05) is 16.1 Å². The molecule has 3 rings (SSSR count). The van der Waals surface area contributed by atoms with Crippen molar-refractivity contribution in [1.82, 2.24) is 9.97 Å². The molecule has 1 heterocycles. The Labute approximate surface area is 143 Å². The van der Waals surface area contributed by atoms with Crippen molar-refractivity contribution >= 4 is 23.2 Å². The number of nitrogens with one attached hydrogen (secondary N) is 1. The van der Waals surface area contributed by atoms with Crippen molar-refractivity contribution in [2.24, 2.45) is 0 Å². The smallest absolute Gasteiger partial charge is 0.229 e. The largest absolute Gasteiger partial charge is 0.323 e. The fraction of sp³-hybridized carbons (Fsp3) is 0.0556. The second-order valence-electron chi connectivity index (χ2n) is 5.09. The molecule has 0 unspecified atom stereocenters. The number of nitrogens with zero attached hydrogens (tertiary/aromatic N) is 2. The average Bonchev–Trinajstić information content (AvgIpc) is 2.60. The van der Waals surface area contributed by atoms with Crippen LogP contribution in [-0.2, 0) is 11.2 Å². The zero-order valence-electron chi connectivity index (χ0n) is 12.5. The Balaban J connectivity index is 1.69. The maximum atomic E-state index is 13.7. The Hall–Kier alpha value is -2.79. The Kier molecular flexibility index (Phi) is 4.82. The number of hydrogen-bond donors (Lipinski definition) is 1. The first-order valence-electron chi connectivity index (χ1n) is 7.23. The summed E-state index contributed by atoms with van der Waals surface area (Å²) in [4.78, 5) is 20.5. The number of halogens is 2. The number of hydrogen-bond acceptors (Lipinski definition) is 3. The molecule has 0 spiro atoms. The number of anilines is 1. The minimum atomic E-state index is -0.506. The molecule has 120 valence electrons. The van der Waals surface area contributed by atoms with Gasteiger partial charge in [0.05, 0.1) is 24.5 Å². The van der Waals surface area contributed by atoms with Gasteiger partial charge in [-0.15, -0.1) is 0 Å². The molecule has 0 aliphatic heterocycles. The zero-order chi connectivity index (χ0) is 16.9. The minimum absolute atomic E-state index is 0.161. The summed E-state index contributed by atoms with van der Waals surface area (Å²) in [6.07, 6.45) is 2.86. The topological polar surface area (TPSA) is 54.9 Å². The third-order valence-corrected chi connectivity index (χ3v) is 3.72. The van der Waals surface area contributed by atoms with Crippen LogP contribution in [0.1, 0.15) is 5.56 Å². The lowest BCUT2D eigenvalue weighted by Crippen LogP contribution is -2.16. The summed E-state index contributed by atoms with van der Waals surface area (Å²) in [5.41, 5.74) is 1.49. The standard InChI is InChI=1S/C18H13ClFN3O/c19-15-7-4-8-16(20)14(15)9-17(24)23-13-10-21-18(22-11-13)12-5-2-1-3-6-12/h1-8,10-11H,9H2,(H,23,24). The highest BCUT2D eigenvalue weighted by molar-refractivity contribution is 6.31. The summed E-state index contributed by atoms with van der Waals surface area (Å²) in [6.45, 7) is 0. The van der Waals surface area contributed by atoms with Crippen LogP contribution in [0.3, 0.4) is 0 Å². The van der Waals surface area contributed by atoms with Crippen molar-refractivity contribution in [2.75, 3.05) is 5.32 Å². The molecule has 0 saturated heterocycles. The van der Waals surface area contributed by atoms with Crippen LogP contribution in [-0.4, -0.2) is 15.9 Å². The molecular formula is C18H13ClFN3O. The molecule has 6 heteroatoms. The van der Waals surface area contributed by atoms with E-state index in [1.165, 1.54) is 24.5 Å². The number of carbonyl (C=O) groups is 1. The van der Waals surface area contributed by atoms with E-state index in [4.69, 9.17) is 11.6 Å². The number of rotatable bonds is 4. The summed E-state index contributed by atoms with van der Waals surface area (Å²) in [5.74, 6) is -0.336. The molecule has 0 bridgehead atoms. The highest BCUT2D eigenvalue weighted by Gasteiger charge is 2.12. The molecule has 24 heavy (non-hydrogen) atoms. The molecular weight excluding hydrogens is 329 g/mol. The molecule has 1 aromatic heterocycles. The van der Waals surface area contributed by atoms with E-state index in [0.717, 1.165) is 5.56 Å². The van der Waals surface area contributed by atoms with Crippen molar-refractivity contribution < 1.29 is 9.18 Å². The van der Waals surface area contributed by atoms with Gasteiger partial charge in [-0.1, -0.05) is 48.0 Å². The Morgan fingerprint density at radius 2 is 1.75 bits per heavy atom. The van der Waals surface area contributed by atoms with Gasteiger partial charge in [0.25, 0.3) is 0 Å². The third kappa shape index (κ3) is 3.75. The van der Waals surface area contributed by atoms with Crippen LogP contribution in [0.25, 0.3) is 11.4 Å². The van der Waals surface area contributed by atoms with E-state index in [9.17, 15) is 9.18 Å². The van der Waals surface area contributed by atoms with Gasteiger partial charge in [-0.05, 0) is 12.1 Å². The molecule has 1 N–H and O–H groups in total. The van der Waals surface area contributed by atoms with Gasteiger partial charge in [-0.3, -0.25) is 4.79 Å². The van der Waals surface area contributed by atoms with E-state index in [1.54, 1.807) is 6.07 Å². The number of amides is 1. The van der Waals surface area contributed by atoms with Crippen molar-refractivity contribution in [3.63, 3.8) is 0 Å². The van der Waals surface area contributed by atoms with Crippen molar-refractivity contribution in [1.29, 1.82) is 0 Å². The van der Waals surface area contributed by atoms with E-state index in [0.29, 0.717) is 11.5 Å². The average molecular weight is 342 g/mol. The fourth-order valence-corrected chi connectivity index (χ4v) is 2.43. The minimum Gasteiger partial charge on any atom is -0.323 e. The van der Waals surface area contributed by atoms with Crippen LogP contribution in [0.4, 0.5) is 10.1 Å². The van der Waals surface area contributed by atoms with Gasteiger partial charge in [0.2, 0.25) is 5.91 Å². The Bertz CT molecular complexity index is 834. The normalized spacial score (nSPS) is 10.4. The van der Waals surface area contributed by atoms with Crippen LogP contribution in [0, 0.1) is 5.82 Å². The maximum absolute atomic E-state index is 13.7. The molecule has 0 aliphatic rings. The van der Waals surface area contributed by atoms with Gasteiger partial charge < -0.3 is 5.32 Å². The Morgan fingerprint density at radius 1 is 1.04 bits per heavy atom. The van der Waals surface area contributed by atoms with E-state index in [-0.39, 0.29) is 17.0 Å². The van der Waals surface area contributed by atoms with Gasteiger partial charge in [-0.2, -0.15) is 0 Å². The molecule has 0 saturated carbocycles. The zero-order valence-corrected chi connectivity index (χ0v) is 13.3. The maximum Gasteiger partial charge on any atom is 0.229 e.